The third kappa shape index (κ3) is 12.5. The number of allylic oxidation sites excluding steroid dienone is 4. The first kappa shape index (κ1) is 41.2. The van der Waals surface area contributed by atoms with E-state index in [2.05, 4.69) is 123 Å². The zero-order valence-electron chi connectivity index (χ0n) is 33.9. The molecule has 0 fully saturated rings. The number of ketones is 1. The summed E-state index contributed by atoms with van der Waals surface area (Å²) in [7, 11) is 0. The van der Waals surface area contributed by atoms with Crippen molar-refractivity contribution in [2.75, 3.05) is 0 Å². The minimum absolute atomic E-state index is 0.123. The molecule has 0 aliphatic heterocycles. The van der Waals surface area contributed by atoms with Crippen LogP contribution >= 0.6 is 0 Å². The maximum atomic E-state index is 14.9. The zero-order valence-corrected chi connectivity index (χ0v) is 33.9. The van der Waals surface area contributed by atoms with Crippen molar-refractivity contribution in [3.8, 4) is 0 Å². The van der Waals surface area contributed by atoms with Crippen LogP contribution in [-0.4, -0.2) is 5.78 Å². The molecule has 0 unspecified atom stereocenters. The largest absolute Gasteiger partial charge is 0.289 e. The second-order valence-corrected chi connectivity index (χ2v) is 15.8. The lowest BCUT2D eigenvalue weighted by atomic mass is 9.89. The molecule has 1 aliphatic carbocycles. The lowest BCUT2D eigenvalue weighted by Gasteiger charge is -2.14. The van der Waals surface area contributed by atoms with Gasteiger partial charge in [0.15, 0.2) is 5.78 Å². The van der Waals surface area contributed by atoms with E-state index in [0.717, 1.165) is 57.4 Å². The molecule has 4 aromatic carbocycles. The summed E-state index contributed by atoms with van der Waals surface area (Å²) in [6.45, 7) is 4.57. The summed E-state index contributed by atoms with van der Waals surface area (Å²) >= 11 is 0. The highest BCUT2D eigenvalue weighted by Crippen LogP contribution is 2.49. The average molecular weight is 721 g/mol. The van der Waals surface area contributed by atoms with E-state index in [1.807, 2.05) is 0 Å². The molecule has 1 heteroatoms. The van der Waals surface area contributed by atoms with Crippen LogP contribution in [0.3, 0.4) is 0 Å². The van der Waals surface area contributed by atoms with Gasteiger partial charge in [0.25, 0.3) is 0 Å². The molecule has 0 aromatic heterocycles. The van der Waals surface area contributed by atoms with E-state index in [4.69, 9.17) is 0 Å². The van der Waals surface area contributed by atoms with Crippen LogP contribution < -0.4 is 0 Å². The third-order valence-electron chi connectivity index (χ3n) is 11.5. The first-order chi connectivity index (χ1) is 26.7. The Kier molecular flexibility index (Phi) is 18.1. The average Bonchev–Trinajstić information content (AvgIpc) is 3.52. The Morgan fingerprint density at radius 1 is 0.296 bits per heavy atom. The van der Waals surface area contributed by atoms with Crippen LogP contribution in [0.25, 0.3) is 22.3 Å². The number of carbonyl (C=O) groups excluding carboxylic acids is 1. The third-order valence-corrected chi connectivity index (χ3v) is 11.5. The molecule has 0 N–H and O–H groups in total. The smallest absolute Gasteiger partial charge is 0.195 e. The fraction of sp³-hybridized carbons (Fsp3) is 0.453. The summed E-state index contributed by atoms with van der Waals surface area (Å²) in [6, 6.07) is 38.9. The summed E-state index contributed by atoms with van der Waals surface area (Å²) in [4.78, 5) is 14.9. The highest BCUT2D eigenvalue weighted by atomic mass is 16.1. The SMILES string of the molecule is CCCCCCCCCCCCc1ccc(C2=C(c3ccccc3)C(c3ccccc3)=C(c3ccc(CCCCCCCCCCCC)cc3)C2=O)cc1. The quantitative estimate of drug-likeness (QED) is 0.0590. The van der Waals surface area contributed by atoms with Crippen LogP contribution in [0.4, 0.5) is 0 Å². The number of Topliss-reactive ketones (excluding diaryl/α,β-unsaturated/α-hetero) is 1. The Balaban J connectivity index is 1.28. The van der Waals surface area contributed by atoms with Crippen molar-refractivity contribution < 1.29 is 4.79 Å². The Morgan fingerprint density at radius 3 is 0.889 bits per heavy atom. The van der Waals surface area contributed by atoms with Crippen LogP contribution in [-0.2, 0) is 17.6 Å². The van der Waals surface area contributed by atoms with E-state index in [1.165, 1.54) is 140 Å². The molecular formula is C53H68O. The van der Waals surface area contributed by atoms with Crippen LogP contribution in [0.5, 0.6) is 0 Å². The molecule has 0 saturated carbocycles. The molecule has 1 aliphatic rings. The maximum absolute atomic E-state index is 14.9. The predicted octanol–water partition coefficient (Wildman–Crippen LogP) is 15.7. The Hall–Kier alpha value is -3.97. The number of rotatable bonds is 26. The molecular weight excluding hydrogens is 653 g/mol. The van der Waals surface area contributed by atoms with Gasteiger partial charge in [-0.05, 0) is 59.1 Å². The number of hydrogen-bond acceptors (Lipinski definition) is 1. The molecule has 1 nitrogen and oxygen atoms in total. The first-order valence-corrected chi connectivity index (χ1v) is 22.0. The predicted molar refractivity (Wildman–Crippen MR) is 235 cm³/mol. The molecule has 0 saturated heterocycles. The molecule has 4 aromatic rings. The summed E-state index contributed by atoms with van der Waals surface area (Å²) in [5.41, 5.74) is 10.6. The van der Waals surface area contributed by atoms with Gasteiger partial charge >= 0.3 is 0 Å². The van der Waals surface area contributed by atoms with Crippen molar-refractivity contribution in [2.45, 2.75) is 155 Å². The number of unbranched alkanes of at least 4 members (excludes halogenated alkanes) is 18. The van der Waals surface area contributed by atoms with E-state index < -0.39 is 0 Å². The topological polar surface area (TPSA) is 17.1 Å². The van der Waals surface area contributed by atoms with Crippen molar-refractivity contribution in [1.82, 2.24) is 0 Å². The van der Waals surface area contributed by atoms with Gasteiger partial charge in [-0.2, -0.15) is 0 Å². The highest BCUT2D eigenvalue weighted by molar-refractivity contribution is 6.59. The minimum Gasteiger partial charge on any atom is -0.289 e. The molecule has 5 rings (SSSR count). The van der Waals surface area contributed by atoms with Crippen LogP contribution in [0, 0.1) is 0 Å². The van der Waals surface area contributed by atoms with Gasteiger partial charge < -0.3 is 0 Å². The van der Waals surface area contributed by atoms with Gasteiger partial charge in [-0.15, -0.1) is 0 Å². The van der Waals surface area contributed by atoms with E-state index in [0.29, 0.717) is 0 Å². The van der Waals surface area contributed by atoms with Crippen molar-refractivity contribution in [3.05, 3.63) is 143 Å². The molecule has 0 atom stereocenters. The lowest BCUT2D eigenvalue weighted by Crippen LogP contribution is -2.02. The van der Waals surface area contributed by atoms with E-state index in [9.17, 15) is 4.79 Å². The van der Waals surface area contributed by atoms with Crippen molar-refractivity contribution >= 4 is 28.1 Å². The molecule has 286 valence electrons. The van der Waals surface area contributed by atoms with Crippen LogP contribution in [0.1, 0.15) is 176 Å². The maximum Gasteiger partial charge on any atom is 0.195 e. The zero-order chi connectivity index (χ0) is 37.6. The Bertz CT molecular complexity index is 1580. The Labute approximate surface area is 329 Å². The van der Waals surface area contributed by atoms with Crippen LogP contribution in [0.15, 0.2) is 109 Å². The second-order valence-electron chi connectivity index (χ2n) is 15.8. The van der Waals surface area contributed by atoms with E-state index >= 15 is 0 Å². The second kappa shape index (κ2) is 23.7. The fourth-order valence-electron chi connectivity index (χ4n) is 8.25. The van der Waals surface area contributed by atoms with E-state index in [1.54, 1.807) is 0 Å². The molecule has 0 spiro atoms. The normalized spacial score (nSPS) is 13.0. The van der Waals surface area contributed by atoms with Gasteiger partial charge in [0.2, 0.25) is 0 Å². The van der Waals surface area contributed by atoms with Gasteiger partial charge in [0.1, 0.15) is 0 Å². The molecule has 0 radical (unpaired) electrons. The molecule has 0 amide bonds. The summed E-state index contributed by atoms with van der Waals surface area (Å²) < 4.78 is 0. The Morgan fingerprint density at radius 2 is 0.574 bits per heavy atom. The number of hydrogen-bond donors (Lipinski definition) is 0. The lowest BCUT2D eigenvalue weighted by molar-refractivity contribution is -0.108. The summed E-state index contributed by atoms with van der Waals surface area (Å²) in [5, 5.41) is 0. The van der Waals surface area contributed by atoms with Crippen molar-refractivity contribution in [3.63, 3.8) is 0 Å². The summed E-state index contributed by atoms with van der Waals surface area (Å²) in [5.74, 6) is 0.123. The van der Waals surface area contributed by atoms with Gasteiger partial charge in [-0.1, -0.05) is 239 Å². The summed E-state index contributed by atoms with van der Waals surface area (Å²) in [6.07, 6.45) is 29.2. The van der Waals surface area contributed by atoms with Gasteiger partial charge in [0, 0.05) is 22.3 Å². The highest BCUT2D eigenvalue weighted by Gasteiger charge is 2.35. The molecule has 0 bridgehead atoms. The van der Waals surface area contributed by atoms with Crippen molar-refractivity contribution in [1.29, 1.82) is 0 Å². The number of carbonyl (C=O) groups is 1. The molecule has 0 heterocycles. The first-order valence-electron chi connectivity index (χ1n) is 22.0. The fourth-order valence-corrected chi connectivity index (χ4v) is 8.25. The van der Waals surface area contributed by atoms with Gasteiger partial charge in [0.05, 0.1) is 0 Å². The number of benzene rings is 4. The van der Waals surface area contributed by atoms with Gasteiger partial charge in [-0.3, -0.25) is 4.79 Å². The molecule has 54 heavy (non-hydrogen) atoms. The van der Waals surface area contributed by atoms with E-state index in [-0.39, 0.29) is 5.78 Å². The monoisotopic (exact) mass is 721 g/mol. The minimum atomic E-state index is 0.123. The van der Waals surface area contributed by atoms with Gasteiger partial charge in [-0.25, -0.2) is 0 Å². The number of aryl methyl sites for hydroxylation is 2. The van der Waals surface area contributed by atoms with Crippen molar-refractivity contribution in [2.24, 2.45) is 0 Å². The standard InChI is InChI=1S/C53H68O/c1-3-5-7-9-11-13-15-17-19-23-29-43-35-39-47(40-36-43)51-49(45-31-25-21-26-32-45)50(46-33-27-22-28-34-46)52(53(51)54)48-41-37-44(38-42-48)30-24-20-18-16-14-12-10-8-6-4-2/h21-22,25-28,31-42H,3-20,23-24,29-30H2,1-2H3. The van der Waals surface area contributed by atoms with Crippen LogP contribution in [0.2, 0.25) is 0 Å².